The Morgan fingerprint density at radius 1 is 1.02 bits per heavy atom. The first-order valence-electron chi connectivity index (χ1n) is 13.9. The fourth-order valence-electron chi connectivity index (χ4n) is 5.03. The van der Waals surface area contributed by atoms with Crippen LogP contribution >= 0.6 is 0 Å². The minimum absolute atomic E-state index is 0.000788. The molecule has 0 aromatic heterocycles. The largest absolute Gasteiger partial charge is 0.450 e. The second-order valence-electron chi connectivity index (χ2n) is 10.5. The Balaban J connectivity index is 2.07. The lowest BCUT2D eigenvalue weighted by Gasteiger charge is -2.32. The fourth-order valence-corrected chi connectivity index (χ4v) is 5.03. The van der Waals surface area contributed by atoms with Crippen LogP contribution in [0.4, 0.5) is 22.0 Å². The number of amides is 3. The molecule has 1 fully saturated rings. The van der Waals surface area contributed by atoms with Crippen LogP contribution in [0.25, 0.3) is 0 Å². The summed E-state index contributed by atoms with van der Waals surface area (Å²) in [5, 5.41) is 4.13. The van der Waals surface area contributed by atoms with E-state index in [1.54, 1.807) is 30.3 Å². The lowest BCUT2D eigenvalue weighted by atomic mass is 9.98. The maximum absolute atomic E-state index is 15.1. The molecule has 0 radical (unpaired) electrons. The van der Waals surface area contributed by atoms with Gasteiger partial charge in [0.25, 0.3) is 17.7 Å². The van der Waals surface area contributed by atoms with Crippen molar-refractivity contribution in [3.8, 4) is 5.75 Å². The van der Waals surface area contributed by atoms with Gasteiger partial charge < -0.3 is 25.0 Å². The number of benzene rings is 2. The summed E-state index contributed by atoms with van der Waals surface area (Å²) in [5.41, 5.74) is -0.173. The molecule has 0 aliphatic carbocycles. The summed E-state index contributed by atoms with van der Waals surface area (Å²) in [4.78, 5) is 64.6. The van der Waals surface area contributed by atoms with E-state index in [1.165, 1.54) is 30.4 Å². The quantitative estimate of drug-likeness (QED) is 0.173. The van der Waals surface area contributed by atoms with E-state index in [4.69, 9.17) is 9.47 Å². The third kappa shape index (κ3) is 8.88. The number of likely N-dealkylation sites (tertiary alicyclic amines) is 1. The second-order valence-corrected chi connectivity index (χ2v) is 10.5. The molecular formula is C31H32F5N3O7. The van der Waals surface area contributed by atoms with Crippen molar-refractivity contribution in [2.75, 3.05) is 13.1 Å². The van der Waals surface area contributed by atoms with E-state index in [0.29, 0.717) is 10.5 Å². The molecule has 3 atom stereocenters. The van der Waals surface area contributed by atoms with E-state index < -0.39 is 78.6 Å². The Morgan fingerprint density at radius 2 is 1.67 bits per heavy atom. The SMILES string of the molecule is C/C=C1/C(C(=O)NCC(F)(F)F)N(C(=O)C(OC(C)=O)C(Cc2ccccc2)NC(=O)c2cccc(OC(C)=O)c2C)CC1(F)F. The Bertz CT molecular complexity index is 1510. The lowest BCUT2D eigenvalue weighted by Crippen LogP contribution is -2.57. The third-order valence-corrected chi connectivity index (χ3v) is 7.00. The van der Waals surface area contributed by atoms with E-state index in [-0.39, 0.29) is 23.3 Å². The standard InChI is InChI=1S/C31H32F5N3O7/c1-5-22-25(28(43)37-15-31(34,35)36)39(16-30(22,32)33)29(44)26(46-19(4)41)23(14-20-10-7-6-8-11-20)38-27(42)21-12-9-13-24(17(21)2)45-18(3)40/h5-13,23,25-26H,14-16H2,1-4H3,(H,37,43)(H,38,42)/b22-5-. The van der Waals surface area contributed by atoms with Crippen molar-refractivity contribution >= 4 is 29.7 Å². The van der Waals surface area contributed by atoms with Crippen molar-refractivity contribution in [1.82, 2.24) is 15.5 Å². The van der Waals surface area contributed by atoms with Crippen LogP contribution in [-0.2, 0) is 30.3 Å². The van der Waals surface area contributed by atoms with Crippen LogP contribution in [0.1, 0.15) is 42.3 Å². The Hall–Kier alpha value is -4.82. The number of hydrogen-bond donors (Lipinski definition) is 2. The fraction of sp³-hybridized carbons (Fsp3) is 0.387. The van der Waals surface area contributed by atoms with Crippen molar-refractivity contribution in [3.63, 3.8) is 0 Å². The van der Waals surface area contributed by atoms with Gasteiger partial charge >= 0.3 is 18.1 Å². The molecule has 1 aliphatic heterocycles. The van der Waals surface area contributed by atoms with Crippen LogP contribution in [0.15, 0.2) is 60.2 Å². The molecule has 10 nitrogen and oxygen atoms in total. The van der Waals surface area contributed by atoms with E-state index >= 15 is 8.78 Å². The molecule has 1 saturated heterocycles. The normalized spacial score (nSPS) is 18.0. The molecule has 1 aliphatic rings. The van der Waals surface area contributed by atoms with Crippen molar-refractivity contribution in [1.29, 1.82) is 0 Å². The van der Waals surface area contributed by atoms with Crippen LogP contribution in [0.3, 0.4) is 0 Å². The number of halogens is 5. The molecule has 3 unspecified atom stereocenters. The lowest BCUT2D eigenvalue weighted by molar-refractivity contribution is -0.162. The van der Waals surface area contributed by atoms with Crippen LogP contribution in [0, 0.1) is 6.92 Å². The zero-order chi connectivity index (χ0) is 34.4. The van der Waals surface area contributed by atoms with Crippen LogP contribution < -0.4 is 15.4 Å². The summed E-state index contributed by atoms with van der Waals surface area (Å²) in [5.74, 6) is -9.16. The number of allylic oxidation sites excluding steroid dienone is 1. The maximum atomic E-state index is 15.1. The molecule has 2 N–H and O–H groups in total. The third-order valence-electron chi connectivity index (χ3n) is 7.00. The predicted molar refractivity (Wildman–Crippen MR) is 153 cm³/mol. The molecule has 3 rings (SSSR count). The molecule has 0 saturated carbocycles. The molecule has 2 aromatic rings. The van der Waals surface area contributed by atoms with Gasteiger partial charge in [0.2, 0.25) is 12.0 Å². The summed E-state index contributed by atoms with van der Waals surface area (Å²) in [6, 6.07) is 8.85. The zero-order valence-electron chi connectivity index (χ0n) is 25.2. The van der Waals surface area contributed by atoms with E-state index in [2.05, 4.69) is 5.32 Å². The summed E-state index contributed by atoms with van der Waals surface area (Å²) in [6.07, 6.45) is -6.25. The van der Waals surface area contributed by atoms with Gasteiger partial charge in [-0.1, -0.05) is 42.5 Å². The molecule has 2 aromatic carbocycles. The van der Waals surface area contributed by atoms with Crippen molar-refractivity contribution in [2.45, 2.75) is 64.4 Å². The summed E-state index contributed by atoms with van der Waals surface area (Å²) < 4.78 is 79.2. The Kier molecular flexibility index (Phi) is 11.3. The molecule has 3 amide bonds. The van der Waals surface area contributed by atoms with Gasteiger partial charge in [-0.25, -0.2) is 0 Å². The zero-order valence-corrected chi connectivity index (χ0v) is 25.2. The first kappa shape index (κ1) is 35.7. The van der Waals surface area contributed by atoms with E-state index in [1.807, 2.05) is 0 Å². The van der Waals surface area contributed by atoms with E-state index in [9.17, 15) is 37.1 Å². The van der Waals surface area contributed by atoms with Gasteiger partial charge in [-0.05, 0) is 38.0 Å². The minimum atomic E-state index is -4.88. The van der Waals surface area contributed by atoms with Crippen LogP contribution in [0.2, 0.25) is 0 Å². The van der Waals surface area contributed by atoms with Crippen LogP contribution in [0.5, 0.6) is 5.75 Å². The van der Waals surface area contributed by atoms with Gasteiger partial charge in [0.15, 0.2) is 0 Å². The first-order chi connectivity index (χ1) is 21.4. The molecule has 248 valence electrons. The number of esters is 2. The Labute approximate surface area is 260 Å². The van der Waals surface area contributed by atoms with Gasteiger partial charge in [0.1, 0.15) is 18.3 Å². The molecule has 46 heavy (non-hydrogen) atoms. The van der Waals surface area contributed by atoms with Crippen LogP contribution in [-0.4, -0.2) is 77.9 Å². The summed E-state index contributed by atoms with van der Waals surface area (Å²) in [7, 11) is 0. The number of carbonyl (C=O) groups excluding carboxylic acids is 5. The van der Waals surface area contributed by atoms with Gasteiger partial charge in [0.05, 0.1) is 12.6 Å². The minimum Gasteiger partial charge on any atom is -0.450 e. The topological polar surface area (TPSA) is 131 Å². The average Bonchev–Trinajstić information content (AvgIpc) is 3.24. The number of nitrogens with one attached hydrogen (secondary N) is 2. The van der Waals surface area contributed by atoms with Gasteiger partial charge in [-0.2, -0.15) is 22.0 Å². The molecular weight excluding hydrogens is 621 g/mol. The highest BCUT2D eigenvalue weighted by Gasteiger charge is 2.56. The molecule has 15 heteroatoms. The number of rotatable bonds is 10. The van der Waals surface area contributed by atoms with Crippen molar-refractivity contribution < 1.29 is 55.4 Å². The number of nitrogens with zero attached hydrogens (tertiary/aromatic N) is 1. The van der Waals surface area contributed by atoms with Crippen molar-refractivity contribution in [3.05, 3.63) is 76.9 Å². The molecule has 1 heterocycles. The highest BCUT2D eigenvalue weighted by Crippen LogP contribution is 2.38. The number of hydrogen-bond acceptors (Lipinski definition) is 7. The summed E-state index contributed by atoms with van der Waals surface area (Å²) >= 11 is 0. The highest BCUT2D eigenvalue weighted by atomic mass is 19.4. The monoisotopic (exact) mass is 653 g/mol. The Morgan fingerprint density at radius 3 is 2.24 bits per heavy atom. The maximum Gasteiger partial charge on any atom is 0.405 e. The van der Waals surface area contributed by atoms with Gasteiger partial charge in [-0.15, -0.1) is 0 Å². The number of carbonyl (C=O) groups is 5. The average molecular weight is 654 g/mol. The second kappa shape index (κ2) is 14.5. The number of ether oxygens (including phenoxy) is 2. The molecule has 0 spiro atoms. The predicted octanol–water partition coefficient (Wildman–Crippen LogP) is 3.66. The van der Waals surface area contributed by atoms with Gasteiger partial charge in [0, 0.05) is 30.5 Å². The highest BCUT2D eigenvalue weighted by molar-refractivity contribution is 5.98. The van der Waals surface area contributed by atoms with Gasteiger partial charge in [-0.3, -0.25) is 24.0 Å². The van der Waals surface area contributed by atoms with Crippen molar-refractivity contribution in [2.24, 2.45) is 0 Å². The first-order valence-corrected chi connectivity index (χ1v) is 13.9. The van der Waals surface area contributed by atoms with E-state index in [0.717, 1.165) is 26.8 Å². The number of alkyl halides is 5. The molecule has 0 bridgehead atoms. The summed E-state index contributed by atoms with van der Waals surface area (Å²) in [6.45, 7) is 1.45. The smallest absolute Gasteiger partial charge is 0.405 e.